The Hall–Kier alpha value is -2.10. The largest absolute Gasteiger partial charge is 0.477 e. The summed E-state index contributed by atoms with van der Waals surface area (Å²) < 4.78 is 1.87. The van der Waals surface area contributed by atoms with Crippen molar-refractivity contribution in [2.24, 2.45) is 5.41 Å². The Kier molecular flexibility index (Phi) is 3.66. The number of nitrogens with zero attached hydrogens (tertiary/aromatic N) is 1. The number of benzene rings is 1. The molecule has 4 heteroatoms. The lowest BCUT2D eigenvalue weighted by Crippen LogP contribution is -2.20. The fourth-order valence-corrected chi connectivity index (χ4v) is 2.14. The number of para-hydroxylation sites is 1. The first-order valence-electron chi connectivity index (χ1n) is 6.65. The quantitative estimate of drug-likeness (QED) is 0.934. The highest BCUT2D eigenvalue weighted by Gasteiger charge is 2.16. The molecule has 0 fully saturated rings. The van der Waals surface area contributed by atoms with Gasteiger partial charge in [-0.2, -0.15) is 0 Å². The third-order valence-electron chi connectivity index (χ3n) is 3.32. The van der Waals surface area contributed by atoms with E-state index >= 15 is 0 Å². The third kappa shape index (κ3) is 2.90. The Morgan fingerprint density at radius 1 is 1.25 bits per heavy atom. The van der Waals surface area contributed by atoms with Crippen LogP contribution in [0.3, 0.4) is 0 Å². The van der Waals surface area contributed by atoms with Gasteiger partial charge in [-0.05, 0) is 24.0 Å². The predicted octanol–water partition coefficient (Wildman–Crippen LogP) is 3.14. The molecular formula is C16H19NO3. The van der Waals surface area contributed by atoms with Gasteiger partial charge in [0.2, 0.25) is 5.43 Å². The van der Waals surface area contributed by atoms with Gasteiger partial charge >= 0.3 is 5.97 Å². The van der Waals surface area contributed by atoms with Crippen LogP contribution in [-0.4, -0.2) is 15.6 Å². The molecule has 0 spiro atoms. The number of hydrogen-bond acceptors (Lipinski definition) is 2. The van der Waals surface area contributed by atoms with Crippen molar-refractivity contribution in [3.63, 3.8) is 0 Å². The molecule has 4 nitrogen and oxygen atoms in total. The van der Waals surface area contributed by atoms with Crippen LogP contribution in [0.15, 0.2) is 35.3 Å². The zero-order chi connectivity index (χ0) is 14.9. The topological polar surface area (TPSA) is 59.3 Å². The van der Waals surface area contributed by atoms with Gasteiger partial charge in [0, 0.05) is 18.1 Å². The number of pyridine rings is 1. The molecule has 0 aliphatic rings. The van der Waals surface area contributed by atoms with E-state index in [2.05, 4.69) is 20.8 Å². The van der Waals surface area contributed by atoms with E-state index in [1.165, 1.54) is 6.20 Å². The molecule has 0 atom stereocenters. The first kappa shape index (κ1) is 14.3. The van der Waals surface area contributed by atoms with Crippen molar-refractivity contribution in [2.45, 2.75) is 33.7 Å². The number of carbonyl (C=O) groups is 1. The van der Waals surface area contributed by atoms with Crippen LogP contribution >= 0.6 is 0 Å². The average molecular weight is 273 g/mol. The van der Waals surface area contributed by atoms with Crippen LogP contribution in [0.25, 0.3) is 10.9 Å². The van der Waals surface area contributed by atoms with Crippen molar-refractivity contribution in [1.29, 1.82) is 0 Å². The zero-order valence-corrected chi connectivity index (χ0v) is 12.0. The summed E-state index contributed by atoms with van der Waals surface area (Å²) in [6.45, 7) is 7.09. The van der Waals surface area contributed by atoms with Crippen molar-refractivity contribution < 1.29 is 9.90 Å². The van der Waals surface area contributed by atoms with E-state index in [0.717, 1.165) is 11.9 Å². The van der Waals surface area contributed by atoms with Gasteiger partial charge in [-0.1, -0.05) is 32.9 Å². The smallest absolute Gasteiger partial charge is 0.341 e. The molecule has 2 aromatic rings. The highest BCUT2D eigenvalue weighted by molar-refractivity contribution is 5.92. The number of carboxylic acid groups (broad SMARTS) is 1. The van der Waals surface area contributed by atoms with E-state index in [1.54, 1.807) is 12.1 Å². The Balaban J connectivity index is 2.61. The minimum Gasteiger partial charge on any atom is -0.477 e. The van der Waals surface area contributed by atoms with Gasteiger partial charge in [0.1, 0.15) is 5.56 Å². The normalized spacial score (nSPS) is 11.8. The number of aryl methyl sites for hydroxylation is 1. The number of fused-ring (bicyclic) bond motifs is 1. The van der Waals surface area contributed by atoms with Gasteiger partial charge < -0.3 is 9.67 Å². The molecule has 0 bridgehead atoms. The maximum absolute atomic E-state index is 12.1. The van der Waals surface area contributed by atoms with E-state index in [1.807, 2.05) is 16.7 Å². The van der Waals surface area contributed by atoms with E-state index in [9.17, 15) is 9.59 Å². The molecule has 0 amide bonds. The second-order valence-electron chi connectivity index (χ2n) is 6.20. The van der Waals surface area contributed by atoms with Crippen LogP contribution in [0.1, 0.15) is 37.6 Å². The van der Waals surface area contributed by atoms with Gasteiger partial charge in [-0.15, -0.1) is 0 Å². The van der Waals surface area contributed by atoms with Gasteiger partial charge in [-0.3, -0.25) is 4.79 Å². The minimum absolute atomic E-state index is 0.146. The maximum Gasteiger partial charge on any atom is 0.341 e. The predicted molar refractivity (Wildman–Crippen MR) is 79.2 cm³/mol. The van der Waals surface area contributed by atoms with Crippen LogP contribution in [0, 0.1) is 5.41 Å². The van der Waals surface area contributed by atoms with Crippen molar-refractivity contribution in [1.82, 2.24) is 4.57 Å². The summed E-state index contributed by atoms with van der Waals surface area (Å²) >= 11 is 0. The summed E-state index contributed by atoms with van der Waals surface area (Å²) in [5, 5.41) is 9.62. The fourth-order valence-electron chi connectivity index (χ4n) is 2.14. The van der Waals surface area contributed by atoms with Crippen LogP contribution in [0.4, 0.5) is 0 Å². The molecule has 0 saturated carbocycles. The molecule has 106 valence electrons. The Morgan fingerprint density at radius 2 is 1.90 bits per heavy atom. The minimum atomic E-state index is -1.18. The van der Waals surface area contributed by atoms with Crippen LogP contribution in [0.5, 0.6) is 0 Å². The van der Waals surface area contributed by atoms with E-state index in [4.69, 9.17) is 5.11 Å². The van der Waals surface area contributed by atoms with Gasteiger partial charge in [-0.25, -0.2) is 4.79 Å². The summed E-state index contributed by atoms with van der Waals surface area (Å²) in [5.41, 5.74) is 0.345. The molecular weight excluding hydrogens is 254 g/mol. The molecule has 0 saturated heterocycles. The second-order valence-corrected chi connectivity index (χ2v) is 6.20. The SMILES string of the molecule is CC(C)(C)CCn1cc(C(=O)O)c(=O)c2ccccc21. The van der Waals surface area contributed by atoms with E-state index in [0.29, 0.717) is 11.9 Å². The van der Waals surface area contributed by atoms with E-state index < -0.39 is 11.4 Å². The number of rotatable bonds is 3. The maximum atomic E-state index is 12.1. The Morgan fingerprint density at radius 3 is 2.50 bits per heavy atom. The summed E-state index contributed by atoms with van der Waals surface area (Å²) in [4.78, 5) is 23.3. The highest BCUT2D eigenvalue weighted by atomic mass is 16.4. The fraction of sp³-hybridized carbons (Fsp3) is 0.375. The number of hydrogen-bond donors (Lipinski definition) is 1. The molecule has 0 radical (unpaired) electrons. The van der Waals surface area contributed by atoms with Gasteiger partial charge in [0.25, 0.3) is 0 Å². The first-order valence-corrected chi connectivity index (χ1v) is 6.65. The summed E-state index contributed by atoms with van der Waals surface area (Å²) in [7, 11) is 0. The highest BCUT2D eigenvalue weighted by Crippen LogP contribution is 2.21. The summed E-state index contributed by atoms with van der Waals surface area (Å²) in [6.07, 6.45) is 2.36. The first-order chi connectivity index (χ1) is 9.29. The molecule has 1 N–H and O–H groups in total. The van der Waals surface area contributed by atoms with Gasteiger partial charge in [0.15, 0.2) is 0 Å². The molecule has 0 aliphatic carbocycles. The lowest BCUT2D eigenvalue weighted by atomic mass is 9.92. The lowest BCUT2D eigenvalue weighted by Gasteiger charge is -2.20. The average Bonchev–Trinajstić information content (AvgIpc) is 2.37. The number of aromatic carboxylic acids is 1. The van der Waals surface area contributed by atoms with Crippen LogP contribution < -0.4 is 5.43 Å². The summed E-state index contributed by atoms with van der Waals surface area (Å²) in [5.74, 6) is -1.18. The van der Waals surface area contributed by atoms with Crippen molar-refractivity contribution in [3.05, 3.63) is 46.2 Å². The monoisotopic (exact) mass is 273 g/mol. The molecule has 20 heavy (non-hydrogen) atoms. The van der Waals surface area contributed by atoms with E-state index in [-0.39, 0.29) is 11.0 Å². The van der Waals surface area contributed by atoms with Crippen molar-refractivity contribution in [3.8, 4) is 0 Å². The van der Waals surface area contributed by atoms with Crippen molar-refractivity contribution >= 4 is 16.9 Å². The van der Waals surface area contributed by atoms with Crippen LogP contribution in [0.2, 0.25) is 0 Å². The Bertz CT molecular complexity index is 708. The van der Waals surface area contributed by atoms with Crippen molar-refractivity contribution in [2.75, 3.05) is 0 Å². The van der Waals surface area contributed by atoms with Gasteiger partial charge in [0.05, 0.1) is 5.52 Å². The lowest BCUT2D eigenvalue weighted by molar-refractivity contribution is 0.0695. The summed E-state index contributed by atoms with van der Waals surface area (Å²) in [6, 6.07) is 7.14. The van der Waals surface area contributed by atoms with Crippen LogP contribution in [-0.2, 0) is 6.54 Å². The standard InChI is InChI=1S/C16H19NO3/c1-16(2,3)8-9-17-10-12(15(19)20)14(18)11-6-4-5-7-13(11)17/h4-7,10H,8-9H2,1-3H3,(H,19,20). The molecule has 0 aliphatic heterocycles. The molecule has 1 heterocycles. The molecule has 0 unspecified atom stereocenters. The molecule has 2 rings (SSSR count). The molecule has 1 aromatic carbocycles. The second kappa shape index (κ2) is 5.12. The zero-order valence-electron chi connectivity index (χ0n) is 12.0. The number of aromatic nitrogens is 1. The molecule has 1 aromatic heterocycles. The number of carboxylic acids is 1. The Labute approximate surface area is 117 Å². The third-order valence-corrected chi connectivity index (χ3v) is 3.32.